The van der Waals surface area contributed by atoms with E-state index in [1.807, 2.05) is 0 Å². The van der Waals surface area contributed by atoms with E-state index in [1.165, 1.54) is 6.42 Å². The standard InChI is InChI=1S/C11H18N2OS/c1-15-11(9-12)3-5-13(6-4-11)10-2-7-14-8-10/h10H,2-8H2,1H3. The van der Waals surface area contributed by atoms with E-state index < -0.39 is 0 Å². The number of hydrogen-bond donors (Lipinski definition) is 0. The molecule has 0 aromatic rings. The van der Waals surface area contributed by atoms with Crippen molar-refractivity contribution in [3.05, 3.63) is 0 Å². The molecule has 4 heteroatoms. The summed E-state index contributed by atoms with van der Waals surface area (Å²) < 4.78 is 5.29. The summed E-state index contributed by atoms with van der Waals surface area (Å²) in [6.07, 6.45) is 5.22. The van der Waals surface area contributed by atoms with Gasteiger partial charge in [0.05, 0.1) is 12.7 Å². The summed E-state index contributed by atoms with van der Waals surface area (Å²) >= 11 is 1.72. The van der Waals surface area contributed by atoms with Gasteiger partial charge in [-0.3, -0.25) is 4.90 Å². The third kappa shape index (κ3) is 2.30. The molecule has 2 rings (SSSR count). The first kappa shape index (κ1) is 11.3. The van der Waals surface area contributed by atoms with Crippen LogP contribution >= 0.6 is 11.8 Å². The highest BCUT2D eigenvalue weighted by Gasteiger charge is 2.36. The topological polar surface area (TPSA) is 36.3 Å². The Morgan fingerprint density at radius 1 is 1.47 bits per heavy atom. The van der Waals surface area contributed by atoms with Crippen LogP contribution in [0.5, 0.6) is 0 Å². The van der Waals surface area contributed by atoms with E-state index in [-0.39, 0.29) is 4.75 Å². The number of thioether (sulfide) groups is 1. The summed E-state index contributed by atoms with van der Waals surface area (Å²) in [5, 5.41) is 9.18. The molecular formula is C11H18N2OS. The molecule has 0 saturated carbocycles. The highest BCUT2D eigenvalue weighted by Crippen LogP contribution is 2.34. The molecule has 3 nitrogen and oxygen atoms in total. The molecule has 0 bridgehead atoms. The third-order valence-corrected chi connectivity index (χ3v) is 4.90. The van der Waals surface area contributed by atoms with Gasteiger partial charge in [-0.25, -0.2) is 0 Å². The third-order valence-electron chi connectivity index (χ3n) is 3.62. The second-order valence-electron chi connectivity index (χ2n) is 4.36. The molecule has 15 heavy (non-hydrogen) atoms. The Morgan fingerprint density at radius 3 is 2.67 bits per heavy atom. The minimum absolute atomic E-state index is 0.115. The first-order valence-corrected chi connectivity index (χ1v) is 6.80. The van der Waals surface area contributed by atoms with Crippen molar-refractivity contribution in [2.45, 2.75) is 30.1 Å². The summed E-state index contributed by atoms with van der Waals surface area (Å²) in [5.41, 5.74) is 0. The van der Waals surface area contributed by atoms with Crippen molar-refractivity contribution in [3.8, 4) is 6.07 Å². The molecule has 84 valence electrons. The van der Waals surface area contributed by atoms with E-state index in [4.69, 9.17) is 4.74 Å². The van der Waals surface area contributed by atoms with Crippen LogP contribution < -0.4 is 0 Å². The van der Waals surface area contributed by atoms with Crippen LogP contribution in [0, 0.1) is 11.3 Å². The zero-order valence-electron chi connectivity index (χ0n) is 9.24. The molecule has 2 aliphatic rings. The summed E-state index contributed by atoms with van der Waals surface area (Å²) in [7, 11) is 0. The summed E-state index contributed by atoms with van der Waals surface area (Å²) in [6, 6.07) is 3.10. The smallest absolute Gasteiger partial charge is 0.104 e. The van der Waals surface area contributed by atoms with Crippen molar-refractivity contribution in [2.24, 2.45) is 0 Å². The lowest BCUT2D eigenvalue weighted by Gasteiger charge is -2.38. The van der Waals surface area contributed by atoms with Crippen LogP contribution in [-0.4, -0.2) is 48.2 Å². The Bertz CT molecular complexity index is 250. The Kier molecular flexibility index (Phi) is 3.55. The lowest BCUT2D eigenvalue weighted by Crippen LogP contribution is -2.46. The summed E-state index contributed by atoms with van der Waals surface area (Å²) in [5.74, 6) is 0. The van der Waals surface area contributed by atoms with Gasteiger partial charge < -0.3 is 4.74 Å². The van der Waals surface area contributed by atoms with Gasteiger partial charge in [0.15, 0.2) is 0 Å². The first-order valence-electron chi connectivity index (χ1n) is 5.58. The van der Waals surface area contributed by atoms with E-state index in [2.05, 4.69) is 17.2 Å². The van der Waals surface area contributed by atoms with E-state index in [0.717, 1.165) is 39.1 Å². The van der Waals surface area contributed by atoms with Crippen LogP contribution in [0.4, 0.5) is 0 Å². The number of rotatable bonds is 2. The average Bonchev–Trinajstić information content (AvgIpc) is 2.83. The lowest BCUT2D eigenvalue weighted by atomic mass is 9.96. The molecule has 2 heterocycles. The van der Waals surface area contributed by atoms with Crippen molar-refractivity contribution in [3.63, 3.8) is 0 Å². The van der Waals surface area contributed by atoms with Crippen LogP contribution in [0.1, 0.15) is 19.3 Å². The Balaban J connectivity index is 1.88. The highest BCUT2D eigenvalue weighted by atomic mass is 32.2. The second-order valence-corrected chi connectivity index (χ2v) is 5.55. The number of ether oxygens (including phenoxy) is 1. The van der Waals surface area contributed by atoms with Gasteiger partial charge >= 0.3 is 0 Å². The van der Waals surface area contributed by atoms with Crippen molar-refractivity contribution < 1.29 is 4.74 Å². The quantitative estimate of drug-likeness (QED) is 0.715. The fourth-order valence-corrected chi connectivity index (χ4v) is 3.10. The average molecular weight is 226 g/mol. The molecule has 0 spiro atoms. The van der Waals surface area contributed by atoms with Crippen molar-refractivity contribution in [1.29, 1.82) is 5.26 Å². The molecule has 2 fully saturated rings. The number of hydrogen-bond acceptors (Lipinski definition) is 4. The SMILES string of the molecule is CSC1(C#N)CCN(C2CCOC2)CC1. The Hall–Kier alpha value is -0.240. The summed E-state index contributed by atoms with van der Waals surface area (Å²) in [6.45, 7) is 3.91. The molecular weight excluding hydrogens is 208 g/mol. The van der Waals surface area contributed by atoms with E-state index >= 15 is 0 Å². The molecule has 1 unspecified atom stereocenters. The number of piperidine rings is 1. The zero-order valence-corrected chi connectivity index (χ0v) is 10.1. The van der Waals surface area contributed by atoms with Gasteiger partial charge in [0.25, 0.3) is 0 Å². The van der Waals surface area contributed by atoms with E-state index in [1.54, 1.807) is 11.8 Å². The monoisotopic (exact) mass is 226 g/mol. The van der Waals surface area contributed by atoms with Gasteiger partial charge in [0.1, 0.15) is 4.75 Å². The van der Waals surface area contributed by atoms with Crippen molar-refractivity contribution >= 4 is 11.8 Å². The van der Waals surface area contributed by atoms with Crippen LogP contribution in [0.15, 0.2) is 0 Å². The van der Waals surface area contributed by atoms with Gasteiger partial charge in [-0.05, 0) is 25.5 Å². The zero-order chi connectivity index (χ0) is 10.7. The second kappa shape index (κ2) is 4.73. The van der Waals surface area contributed by atoms with E-state index in [0.29, 0.717) is 6.04 Å². The van der Waals surface area contributed by atoms with Crippen LogP contribution in [0.3, 0.4) is 0 Å². The largest absolute Gasteiger partial charge is 0.380 e. The van der Waals surface area contributed by atoms with Gasteiger partial charge in [-0.15, -0.1) is 11.8 Å². The van der Waals surface area contributed by atoms with Crippen LogP contribution in [0.2, 0.25) is 0 Å². The Labute approximate surface area is 95.8 Å². The molecule has 0 aromatic carbocycles. The predicted octanol–water partition coefficient (Wildman–Crippen LogP) is 1.50. The molecule has 2 saturated heterocycles. The fraction of sp³-hybridized carbons (Fsp3) is 0.909. The molecule has 0 N–H and O–H groups in total. The van der Waals surface area contributed by atoms with Gasteiger partial charge in [0.2, 0.25) is 0 Å². The molecule has 2 aliphatic heterocycles. The summed E-state index contributed by atoms with van der Waals surface area (Å²) in [4.78, 5) is 2.50. The van der Waals surface area contributed by atoms with Crippen LogP contribution in [0.25, 0.3) is 0 Å². The predicted molar refractivity (Wildman–Crippen MR) is 61.9 cm³/mol. The van der Waals surface area contributed by atoms with Gasteiger partial charge in [0, 0.05) is 25.7 Å². The molecule has 0 aromatic heterocycles. The number of nitrogens with zero attached hydrogens (tertiary/aromatic N) is 2. The normalized spacial score (nSPS) is 31.3. The minimum atomic E-state index is -0.115. The van der Waals surface area contributed by atoms with Crippen LogP contribution in [-0.2, 0) is 4.74 Å². The molecule has 0 radical (unpaired) electrons. The molecule has 1 atom stereocenters. The molecule has 0 amide bonds. The first-order chi connectivity index (χ1) is 7.29. The number of nitriles is 1. The lowest BCUT2D eigenvalue weighted by molar-refractivity contribution is 0.124. The van der Waals surface area contributed by atoms with Gasteiger partial charge in [-0.2, -0.15) is 5.26 Å². The fourth-order valence-electron chi connectivity index (χ4n) is 2.42. The Morgan fingerprint density at radius 2 is 2.20 bits per heavy atom. The maximum atomic E-state index is 9.18. The maximum Gasteiger partial charge on any atom is 0.104 e. The molecule has 0 aliphatic carbocycles. The number of likely N-dealkylation sites (tertiary alicyclic amines) is 1. The van der Waals surface area contributed by atoms with Crippen molar-refractivity contribution in [1.82, 2.24) is 4.90 Å². The minimum Gasteiger partial charge on any atom is -0.380 e. The van der Waals surface area contributed by atoms with E-state index in [9.17, 15) is 5.26 Å². The van der Waals surface area contributed by atoms with Crippen molar-refractivity contribution in [2.75, 3.05) is 32.6 Å². The highest BCUT2D eigenvalue weighted by molar-refractivity contribution is 8.00. The maximum absolute atomic E-state index is 9.18. The van der Waals surface area contributed by atoms with Gasteiger partial charge in [-0.1, -0.05) is 0 Å².